The van der Waals surface area contributed by atoms with Gasteiger partial charge in [-0.3, -0.25) is 19.2 Å². The number of carbonyl (C=O) groups is 6. The highest BCUT2D eigenvalue weighted by Gasteiger charge is 2.53. The average molecular weight is 1190 g/mol. The Kier molecular flexibility index (Phi) is 30.3. The zero-order chi connectivity index (χ0) is 58.7. The summed E-state index contributed by atoms with van der Waals surface area (Å²) in [5.74, 6) is -2.17. The van der Waals surface area contributed by atoms with E-state index < -0.39 is 29.4 Å². The second-order valence-electron chi connectivity index (χ2n) is 18.5. The molecule has 3 fully saturated rings. The molecule has 0 aliphatic carbocycles. The van der Waals surface area contributed by atoms with Crippen LogP contribution in [0.25, 0.3) is 21.5 Å². The van der Waals surface area contributed by atoms with Crippen LogP contribution in [0.1, 0.15) is 48.8 Å². The fourth-order valence-corrected chi connectivity index (χ4v) is 9.17. The molecular formula is C55H78N8O19S. The summed E-state index contributed by atoms with van der Waals surface area (Å²) in [6.45, 7) is 14.2. The maximum atomic E-state index is 13.5. The molecule has 0 unspecified atom stereocenters. The number of benzene rings is 2. The van der Waals surface area contributed by atoms with Crippen LogP contribution >= 0.6 is 11.3 Å². The molecule has 0 bridgehead atoms. The van der Waals surface area contributed by atoms with Crippen molar-refractivity contribution in [3.8, 4) is 11.3 Å². The van der Waals surface area contributed by atoms with Crippen molar-refractivity contribution in [1.29, 1.82) is 0 Å². The summed E-state index contributed by atoms with van der Waals surface area (Å²) in [5, 5.41) is 12.3. The summed E-state index contributed by atoms with van der Waals surface area (Å²) in [5.41, 5.74) is 1.82. The first-order chi connectivity index (χ1) is 40.6. The van der Waals surface area contributed by atoms with Crippen molar-refractivity contribution in [2.24, 2.45) is 0 Å². The van der Waals surface area contributed by atoms with Crippen molar-refractivity contribution in [3.63, 3.8) is 0 Å². The van der Waals surface area contributed by atoms with Gasteiger partial charge in [0.05, 0.1) is 180 Å². The number of urea groups is 1. The first-order valence-corrected chi connectivity index (χ1v) is 28.7. The van der Waals surface area contributed by atoms with E-state index in [1.165, 1.54) is 16.2 Å². The molecule has 4 aromatic rings. The molecule has 83 heavy (non-hydrogen) atoms. The number of rotatable bonds is 41. The van der Waals surface area contributed by atoms with Gasteiger partial charge in [0.1, 0.15) is 11.2 Å². The lowest BCUT2D eigenvalue weighted by atomic mass is 9.87. The molecule has 7 rings (SSSR count). The number of piperidine rings is 1. The number of nitrogens with zero attached hydrogens (tertiary/aromatic N) is 7. The number of anilines is 1. The van der Waals surface area contributed by atoms with Crippen molar-refractivity contribution < 1.29 is 90.4 Å². The Bertz CT molecular complexity index is 2550. The number of aromatic nitrogens is 4. The normalized spacial score (nSPS) is 15.0. The van der Waals surface area contributed by atoms with Crippen LogP contribution in [0, 0.1) is 0 Å². The standard InChI is InChI=1S/C33H39N7O7S.C22H39NO12/c1-2-44-16-17-46-20-21-47-19-18-45-15-14-39-23-27(36-37-39)24-8-9-26-28(22-24)48-29(34-26)30(41)38-12-10-33(11-13-38)31(42)40(32(43)35-33)25-6-4-3-5-7-25;1-27-6-7-29-10-11-31-14-15-33-18-19-34-17-16-32-13-12-30-9-8-28-5-4-22(26)35-23-20(24)2-3-21(23)25/h3-9,22-23H,2,10-21H2,1H3,(H,35,43);2-19H2,1H3. The number of fused-ring (bicyclic) bond motifs is 1. The molecule has 3 aliphatic rings. The van der Waals surface area contributed by atoms with Gasteiger partial charge in [-0.2, -0.15) is 0 Å². The fourth-order valence-electron chi connectivity index (χ4n) is 8.20. The molecule has 458 valence electrons. The molecule has 0 atom stereocenters. The van der Waals surface area contributed by atoms with Crippen LogP contribution in [0.5, 0.6) is 0 Å². The molecule has 6 amide bonds. The van der Waals surface area contributed by atoms with E-state index in [1.807, 2.05) is 37.4 Å². The van der Waals surface area contributed by atoms with Crippen LogP contribution in [0.3, 0.4) is 0 Å². The highest BCUT2D eigenvalue weighted by Crippen LogP contribution is 2.34. The maximum absolute atomic E-state index is 13.5. The number of carbonyl (C=O) groups excluding carboxylic acids is 6. The van der Waals surface area contributed by atoms with Crippen LogP contribution in [0.4, 0.5) is 10.5 Å². The molecule has 5 heterocycles. The Hall–Kier alpha value is -5.99. The third-order valence-corrected chi connectivity index (χ3v) is 13.6. The molecule has 28 heteroatoms. The highest BCUT2D eigenvalue weighted by molar-refractivity contribution is 7.20. The minimum Gasteiger partial charge on any atom is -0.382 e. The number of nitrogens with one attached hydrogen (secondary N) is 1. The number of thiazole rings is 1. The molecule has 2 aromatic heterocycles. The van der Waals surface area contributed by atoms with Gasteiger partial charge in [-0.05, 0) is 44.0 Å². The second-order valence-corrected chi connectivity index (χ2v) is 19.5. The van der Waals surface area contributed by atoms with E-state index in [1.54, 1.807) is 41.0 Å². The summed E-state index contributed by atoms with van der Waals surface area (Å²) in [6, 6.07) is 14.2. The third kappa shape index (κ3) is 22.8. The molecule has 3 saturated heterocycles. The zero-order valence-electron chi connectivity index (χ0n) is 47.4. The average Bonchev–Trinajstić information content (AvgIpc) is 4.47. The van der Waals surface area contributed by atoms with Gasteiger partial charge in [0.25, 0.3) is 23.6 Å². The van der Waals surface area contributed by atoms with E-state index in [0.717, 1.165) is 15.8 Å². The quantitative estimate of drug-likeness (QED) is 0.0379. The zero-order valence-corrected chi connectivity index (χ0v) is 48.2. The van der Waals surface area contributed by atoms with Gasteiger partial charge in [-0.1, -0.05) is 29.5 Å². The largest absolute Gasteiger partial charge is 0.382 e. The van der Waals surface area contributed by atoms with Gasteiger partial charge in [-0.15, -0.1) is 21.5 Å². The van der Waals surface area contributed by atoms with Gasteiger partial charge in [-0.25, -0.2) is 24.2 Å². The lowest BCUT2D eigenvalue weighted by molar-refractivity contribution is -0.198. The molecule has 2 aromatic carbocycles. The Morgan fingerprint density at radius 3 is 1.66 bits per heavy atom. The Labute approximate surface area is 486 Å². The van der Waals surface area contributed by atoms with E-state index in [4.69, 9.17) is 61.7 Å². The van der Waals surface area contributed by atoms with Crippen molar-refractivity contribution in [1.82, 2.24) is 35.3 Å². The number of hydroxylamine groups is 2. The number of likely N-dealkylation sites (tertiary alicyclic amines) is 1. The Balaban J connectivity index is 0.000000282. The molecule has 3 aliphatic heterocycles. The predicted octanol–water partition coefficient (Wildman–Crippen LogP) is 3.12. The summed E-state index contributed by atoms with van der Waals surface area (Å²) in [6.07, 6.45) is 2.60. The van der Waals surface area contributed by atoms with Crippen molar-refractivity contribution in [2.75, 3.05) is 177 Å². The third-order valence-electron chi connectivity index (χ3n) is 12.6. The van der Waals surface area contributed by atoms with E-state index in [2.05, 4.69) is 20.6 Å². The number of hydrogen-bond donors (Lipinski definition) is 1. The van der Waals surface area contributed by atoms with E-state index >= 15 is 0 Å². The SMILES string of the molecule is CCOCCOCCOCCOCCn1cc(-c2ccc3nc(C(=O)N4CCC5(CC4)NC(=O)N(c4ccccc4)C5=O)sc3c2)nn1.COCCOCCOCCOCCOCCOCCOCCOCCC(=O)ON1C(=O)CCC1=O. The first-order valence-electron chi connectivity index (χ1n) is 27.8. The molecule has 0 radical (unpaired) electrons. The lowest BCUT2D eigenvalue weighted by Gasteiger charge is -2.36. The van der Waals surface area contributed by atoms with Crippen LogP contribution in [0.15, 0.2) is 54.7 Å². The van der Waals surface area contributed by atoms with Gasteiger partial charge >= 0.3 is 12.0 Å². The predicted molar refractivity (Wildman–Crippen MR) is 297 cm³/mol. The topological polar surface area (TPSA) is 288 Å². The van der Waals surface area contributed by atoms with E-state index in [0.29, 0.717) is 199 Å². The number of methoxy groups -OCH3 is 1. The van der Waals surface area contributed by atoms with Crippen LogP contribution in [0.2, 0.25) is 0 Å². The summed E-state index contributed by atoms with van der Waals surface area (Å²) >= 11 is 1.32. The fraction of sp³-hybridized carbons (Fsp3) is 0.618. The van der Waals surface area contributed by atoms with Crippen molar-refractivity contribution >= 4 is 62.9 Å². The highest BCUT2D eigenvalue weighted by atomic mass is 32.1. The van der Waals surface area contributed by atoms with Gasteiger partial charge in [0.2, 0.25) is 0 Å². The van der Waals surface area contributed by atoms with Crippen LogP contribution < -0.4 is 10.2 Å². The van der Waals surface area contributed by atoms with E-state index in [-0.39, 0.29) is 37.7 Å². The molecule has 27 nitrogen and oxygen atoms in total. The lowest BCUT2D eigenvalue weighted by Crippen LogP contribution is -2.55. The monoisotopic (exact) mass is 1190 g/mol. The molecular weight excluding hydrogens is 1110 g/mol. The molecule has 0 saturated carbocycles. The molecule has 1 N–H and O–H groups in total. The summed E-state index contributed by atoms with van der Waals surface area (Å²) < 4.78 is 66.6. The summed E-state index contributed by atoms with van der Waals surface area (Å²) in [7, 11) is 1.63. The van der Waals surface area contributed by atoms with Crippen LogP contribution in [-0.4, -0.2) is 243 Å². The van der Waals surface area contributed by atoms with Gasteiger partial charge < -0.3 is 71.9 Å². The summed E-state index contributed by atoms with van der Waals surface area (Å²) in [4.78, 5) is 86.0. The minimum atomic E-state index is -1.01. The van der Waals surface area contributed by atoms with Crippen molar-refractivity contribution in [3.05, 3.63) is 59.7 Å². The first kappa shape index (κ1) is 66.2. The van der Waals surface area contributed by atoms with Gasteiger partial charge in [0, 0.05) is 45.2 Å². The second kappa shape index (κ2) is 38.1. The number of hydrogen-bond acceptors (Lipinski definition) is 23. The van der Waals surface area contributed by atoms with Crippen LogP contribution in [-0.2, 0) is 87.4 Å². The minimum absolute atomic E-state index is 0.0654. The van der Waals surface area contributed by atoms with Gasteiger partial charge in [0.15, 0.2) is 5.01 Å². The number of para-hydroxylation sites is 1. The number of imide groups is 2. The smallest absolute Gasteiger partial charge is 0.335 e. The number of amides is 6. The Morgan fingerprint density at radius 2 is 1.13 bits per heavy atom. The van der Waals surface area contributed by atoms with E-state index in [9.17, 15) is 28.8 Å². The maximum Gasteiger partial charge on any atom is 0.335 e. The Morgan fingerprint density at radius 1 is 0.627 bits per heavy atom. The van der Waals surface area contributed by atoms with Crippen molar-refractivity contribution in [2.45, 2.75) is 51.1 Å². The number of ether oxygens (including phenoxy) is 12. The molecule has 1 spiro atoms.